The number of likely N-dealkylation sites (N-methyl/N-ethyl adjacent to an activating group) is 1. The second-order valence-corrected chi connectivity index (χ2v) is 7.65. The molecule has 142 valence electrons. The van der Waals surface area contributed by atoms with Crippen LogP contribution < -0.4 is 15.4 Å². The molecule has 7 heteroatoms. The van der Waals surface area contributed by atoms with Gasteiger partial charge in [0.1, 0.15) is 23.0 Å². The summed E-state index contributed by atoms with van der Waals surface area (Å²) in [4.78, 5) is 4.61. The average molecular weight is 369 g/mol. The van der Waals surface area contributed by atoms with Gasteiger partial charge >= 0.3 is 0 Å². The first-order chi connectivity index (χ1) is 13.2. The third-order valence-electron chi connectivity index (χ3n) is 6.33. The molecule has 2 aromatic rings. The smallest absolute Gasteiger partial charge is 0.178 e. The van der Waals surface area contributed by atoms with Crippen LogP contribution in [0.4, 0.5) is 10.1 Å². The highest BCUT2D eigenvalue weighted by Crippen LogP contribution is 2.54. The molecule has 1 aromatic carbocycles. The number of halogens is 1. The number of nitrogens with zero attached hydrogens (tertiary/aromatic N) is 3. The molecule has 1 saturated heterocycles. The van der Waals surface area contributed by atoms with E-state index in [4.69, 9.17) is 4.74 Å². The molecule has 0 amide bonds. The number of aromatic nitrogens is 2. The Morgan fingerprint density at radius 3 is 2.85 bits per heavy atom. The molecule has 1 aromatic heterocycles. The number of fused-ring (bicyclic) bond motifs is 2. The number of nitrogens with one attached hydrogen (secondary N) is 2. The van der Waals surface area contributed by atoms with E-state index in [9.17, 15) is 0 Å². The third kappa shape index (κ3) is 2.27. The summed E-state index contributed by atoms with van der Waals surface area (Å²) < 4.78 is 22.8. The highest BCUT2D eigenvalue weighted by Gasteiger charge is 2.49. The topological polar surface area (TPSA) is 63.5 Å². The van der Waals surface area contributed by atoms with Crippen LogP contribution in [0.3, 0.4) is 0 Å². The van der Waals surface area contributed by atoms with Crippen LogP contribution in [0, 0.1) is 5.82 Å². The fourth-order valence-corrected chi connectivity index (χ4v) is 4.74. The van der Waals surface area contributed by atoms with Crippen molar-refractivity contribution in [3.05, 3.63) is 35.4 Å². The summed E-state index contributed by atoms with van der Waals surface area (Å²) >= 11 is 0. The van der Waals surface area contributed by atoms with Crippen molar-refractivity contribution in [3.63, 3.8) is 0 Å². The molecule has 3 aliphatic rings. The summed E-state index contributed by atoms with van der Waals surface area (Å²) in [5.74, 6) is 0.993. The largest absolute Gasteiger partial charge is 0.494 e. The van der Waals surface area contributed by atoms with Gasteiger partial charge in [0.15, 0.2) is 5.82 Å². The van der Waals surface area contributed by atoms with Crippen molar-refractivity contribution >= 4 is 11.5 Å². The Labute approximate surface area is 157 Å². The van der Waals surface area contributed by atoms with E-state index >= 15 is 4.39 Å². The first-order valence-electron chi connectivity index (χ1n) is 9.64. The molecule has 2 N–H and O–H groups in total. The highest BCUT2D eigenvalue weighted by molar-refractivity contribution is 6.01. The number of ether oxygens (including phenoxy) is 1. The van der Waals surface area contributed by atoms with Crippen LogP contribution >= 0.6 is 0 Å². The molecule has 0 radical (unpaired) electrons. The van der Waals surface area contributed by atoms with Crippen molar-refractivity contribution in [1.29, 1.82) is 0 Å². The van der Waals surface area contributed by atoms with E-state index in [2.05, 4.69) is 20.7 Å². The zero-order valence-electron chi connectivity index (χ0n) is 15.7. The molecule has 2 aliphatic heterocycles. The van der Waals surface area contributed by atoms with Crippen molar-refractivity contribution in [3.8, 4) is 11.4 Å². The Hall–Kier alpha value is -2.41. The maximum Gasteiger partial charge on any atom is 0.178 e. The lowest BCUT2D eigenvalue weighted by atomic mass is 9.64. The van der Waals surface area contributed by atoms with Crippen molar-refractivity contribution in [2.75, 3.05) is 20.7 Å². The molecular weight excluding hydrogens is 345 g/mol. The average Bonchev–Trinajstić information content (AvgIpc) is 3.37. The second kappa shape index (κ2) is 6.05. The van der Waals surface area contributed by atoms with Gasteiger partial charge in [-0.3, -0.25) is 0 Å². The molecule has 5 rings (SSSR count). The van der Waals surface area contributed by atoms with E-state index in [-0.39, 0.29) is 17.3 Å². The number of rotatable bonds is 3. The minimum Gasteiger partial charge on any atom is -0.494 e. The van der Waals surface area contributed by atoms with Gasteiger partial charge in [-0.25, -0.2) is 14.1 Å². The minimum absolute atomic E-state index is 0.181. The summed E-state index contributed by atoms with van der Waals surface area (Å²) in [6.07, 6.45) is 9.03. The van der Waals surface area contributed by atoms with Crippen LogP contribution in [0.25, 0.3) is 5.69 Å². The molecule has 2 fully saturated rings. The number of methoxy groups -OCH3 is 1. The fourth-order valence-electron chi connectivity index (χ4n) is 4.74. The highest BCUT2D eigenvalue weighted by atomic mass is 19.1. The van der Waals surface area contributed by atoms with Gasteiger partial charge in [0.25, 0.3) is 0 Å². The number of hydrogen-bond donors (Lipinski definition) is 2. The normalized spacial score (nSPS) is 22.5. The number of aliphatic imine (C=N–C) groups is 1. The van der Waals surface area contributed by atoms with Gasteiger partial charge in [-0.05, 0) is 43.9 Å². The first-order valence-corrected chi connectivity index (χ1v) is 9.64. The summed E-state index contributed by atoms with van der Waals surface area (Å²) in [7, 11) is 3.44. The number of hydrogen-bond acceptors (Lipinski definition) is 5. The first kappa shape index (κ1) is 16.7. The Kier molecular flexibility index (Phi) is 3.75. The second-order valence-electron chi connectivity index (χ2n) is 7.65. The quantitative estimate of drug-likeness (QED) is 0.873. The summed E-state index contributed by atoms with van der Waals surface area (Å²) in [6.45, 7) is 1.01. The van der Waals surface area contributed by atoms with Gasteiger partial charge < -0.3 is 15.4 Å². The maximum absolute atomic E-state index is 15.6. The monoisotopic (exact) mass is 369 g/mol. The molecule has 1 saturated carbocycles. The molecule has 27 heavy (non-hydrogen) atoms. The Bertz CT molecular complexity index is 925. The van der Waals surface area contributed by atoms with Crippen LogP contribution in [-0.4, -0.2) is 36.3 Å². The third-order valence-corrected chi connectivity index (χ3v) is 6.33. The fraction of sp³-hybridized carbons (Fsp3) is 0.500. The molecule has 6 nitrogen and oxygen atoms in total. The van der Waals surface area contributed by atoms with Crippen LogP contribution in [0.2, 0.25) is 0 Å². The molecule has 1 aliphatic carbocycles. The maximum atomic E-state index is 15.6. The van der Waals surface area contributed by atoms with Gasteiger partial charge in [-0.15, -0.1) is 0 Å². The van der Waals surface area contributed by atoms with Gasteiger partial charge in [0, 0.05) is 24.8 Å². The SMILES string of the molecule is CNC1=Nc2c(cc(OC)c(-n3cc([C@H]4CCCN4)cn3)c2F)C12CCC2. The van der Waals surface area contributed by atoms with Crippen LogP contribution in [0.15, 0.2) is 23.5 Å². The van der Waals surface area contributed by atoms with E-state index in [1.54, 1.807) is 11.8 Å². The molecule has 1 atom stereocenters. The Balaban J connectivity index is 1.63. The lowest BCUT2D eigenvalue weighted by Crippen LogP contribution is -2.45. The van der Waals surface area contributed by atoms with Crippen molar-refractivity contribution < 1.29 is 9.13 Å². The van der Waals surface area contributed by atoms with E-state index in [1.807, 2.05) is 25.5 Å². The zero-order valence-corrected chi connectivity index (χ0v) is 15.7. The van der Waals surface area contributed by atoms with E-state index in [1.165, 1.54) is 0 Å². The van der Waals surface area contributed by atoms with Crippen LogP contribution in [-0.2, 0) is 5.41 Å². The van der Waals surface area contributed by atoms with E-state index in [0.29, 0.717) is 17.1 Å². The Morgan fingerprint density at radius 1 is 1.37 bits per heavy atom. The Morgan fingerprint density at radius 2 is 2.22 bits per heavy atom. The van der Waals surface area contributed by atoms with Gasteiger partial charge in [-0.2, -0.15) is 5.10 Å². The number of amidine groups is 1. The van der Waals surface area contributed by atoms with Crippen molar-refractivity contribution in [2.45, 2.75) is 43.6 Å². The lowest BCUT2D eigenvalue weighted by molar-refractivity contribution is 0.337. The minimum atomic E-state index is -0.366. The van der Waals surface area contributed by atoms with E-state index < -0.39 is 0 Å². The predicted molar refractivity (Wildman–Crippen MR) is 102 cm³/mol. The summed E-state index contributed by atoms with van der Waals surface area (Å²) in [5, 5.41) is 11.1. The van der Waals surface area contributed by atoms with Gasteiger partial charge in [0.05, 0.1) is 18.7 Å². The van der Waals surface area contributed by atoms with Gasteiger partial charge in [0.2, 0.25) is 0 Å². The van der Waals surface area contributed by atoms with Crippen molar-refractivity contribution in [2.24, 2.45) is 4.99 Å². The lowest BCUT2D eigenvalue weighted by Gasteiger charge is -2.40. The van der Waals surface area contributed by atoms with Gasteiger partial charge in [-0.1, -0.05) is 6.42 Å². The van der Waals surface area contributed by atoms with Crippen molar-refractivity contribution in [1.82, 2.24) is 20.4 Å². The summed E-state index contributed by atoms with van der Waals surface area (Å²) in [5.41, 5.74) is 2.58. The molecular formula is C20H24FN5O. The molecule has 1 spiro atoms. The standard InChI is InChI=1S/C20H24FN5O/c1-22-19-20(6-4-7-20)13-9-15(27-2)18(16(21)17(13)25-19)26-11-12(10-24-26)14-5-3-8-23-14/h9-11,14,23H,3-8H2,1-2H3,(H,22,25)/t14-/m1/s1. The number of benzene rings is 1. The molecule has 3 heterocycles. The summed E-state index contributed by atoms with van der Waals surface area (Å²) in [6, 6.07) is 2.24. The zero-order chi connectivity index (χ0) is 18.6. The molecule has 0 bridgehead atoms. The van der Waals surface area contributed by atoms with Crippen LogP contribution in [0.1, 0.15) is 49.3 Å². The molecule has 0 unspecified atom stereocenters. The van der Waals surface area contributed by atoms with E-state index in [0.717, 1.165) is 55.6 Å². The predicted octanol–water partition coefficient (Wildman–Crippen LogP) is 3.13. The van der Waals surface area contributed by atoms with Crippen LogP contribution in [0.5, 0.6) is 5.75 Å².